The Hall–Kier alpha value is -0.930. The van der Waals surface area contributed by atoms with E-state index >= 15 is 0 Å². The fourth-order valence-electron chi connectivity index (χ4n) is 1.31. The van der Waals surface area contributed by atoms with Crippen molar-refractivity contribution in [1.29, 1.82) is 0 Å². The molecule has 0 unspecified atom stereocenters. The maximum atomic E-state index is 8.60. The lowest BCUT2D eigenvalue weighted by Crippen LogP contribution is -2.02. The van der Waals surface area contributed by atoms with Crippen molar-refractivity contribution in [3.05, 3.63) is 23.2 Å². The highest BCUT2D eigenvalue weighted by molar-refractivity contribution is 6.33. The molecule has 0 bridgehead atoms. The predicted octanol–water partition coefficient (Wildman–Crippen LogP) is 2.50. The van der Waals surface area contributed by atoms with Crippen molar-refractivity contribution in [2.75, 3.05) is 24.2 Å². The lowest BCUT2D eigenvalue weighted by atomic mass is 10.2. The van der Waals surface area contributed by atoms with E-state index in [1.807, 2.05) is 12.1 Å². The summed E-state index contributed by atoms with van der Waals surface area (Å²) in [6.07, 6.45) is 2.91. The Morgan fingerprint density at radius 2 is 2.07 bits per heavy atom. The number of nitrogens with one attached hydrogen (secondary N) is 1. The Bertz CT molecular complexity index is 305. The van der Waals surface area contributed by atoms with Crippen molar-refractivity contribution in [2.45, 2.75) is 19.3 Å². The summed E-state index contributed by atoms with van der Waals surface area (Å²) in [6, 6.07) is 5.43. The number of halogens is 1. The van der Waals surface area contributed by atoms with E-state index in [1.54, 1.807) is 6.07 Å². The zero-order valence-corrected chi connectivity index (χ0v) is 9.43. The van der Waals surface area contributed by atoms with E-state index in [2.05, 4.69) is 5.32 Å². The lowest BCUT2D eigenvalue weighted by Gasteiger charge is -2.08. The molecule has 84 valence electrons. The number of benzene rings is 1. The summed E-state index contributed by atoms with van der Waals surface area (Å²) < 4.78 is 0. The molecular formula is C11H17ClN2O. The van der Waals surface area contributed by atoms with Crippen LogP contribution in [0.2, 0.25) is 5.02 Å². The van der Waals surface area contributed by atoms with E-state index in [9.17, 15) is 0 Å². The smallest absolute Gasteiger partial charge is 0.0657 e. The van der Waals surface area contributed by atoms with Crippen LogP contribution in [0.5, 0.6) is 0 Å². The number of unbranched alkanes of at least 4 members (excludes halogenated alkanes) is 2. The summed E-state index contributed by atoms with van der Waals surface area (Å²) in [6.45, 7) is 1.13. The zero-order chi connectivity index (χ0) is 11.1. The lowest BCUT2D eigenvalue weighted by molar-refractivity contribution is 0.283. The van der Waals surface area contributed by atoms with Gasteiger partial charge in [0.05, 0.1) is 10.7 Å². The van der Waals surface area contributed by atoms with Gasteiger partial charge in [0, 0.05) is 18.8 Å². The van der Waals surface area contributed by atoms with E-state index < -0.39 is 0 Å². The first kappa shape index (κ1) is 12.1. The Labute approximate surface area is 95.2 Å². The van der Waals surface area contributed by atoms with Gasteiger partial charge in [-0.15, -0.1) is 0 Å². The van der Waals surface area contributed by atoms with Crippen LogP contribution in [0.3, 0.4) is 0 Å². The summed E-state index contributed by atoms with van der Waals surface area (Å²) in [5.74, 6) is 0. The van der Waals surface area contributed by atoms with E-state index in [4.69, 9.17) is 22.4 Å². The second-order valence-electron chi connectivity index (χ2n) is 3.45. The van der Waals surface area contributed by atoms with Gasteiger partial charge < -0.3 is 16.2 Å². The van der Waals surface area contributed by atoms with Crippen molar-refractivity contribution in [3.63, 3.8) is 0 Å². The van der Waals surface area contributed by atoms with Crippen molar-refractivity contribution in [2.24, 2.45) is 0 Å². The van der Waals surface area contributed by atoms with E-state index in [1.165, 1.54) is 0 Å². The van der Waals surface area contributed by atoms with Gasteiger partial charge in [0.15, 0.2) is 0 Å². The molecule has 0 spiro atoms. The second-order valence-corrected chi connectivity index (χ2v) is 3.86. The zero-order valence-electron chi connectivity index (χ0n) is 8.67. The molecule has 1 rings (SSSR count). The van der Waals surface area contributed by atoms with Crippen LogP contribution in [-0.4, -0.2) is 18.3 Å². The minimum atomic E-state index is 0.266. The summed E-state index contributed by atoms with van der Waals surface area (Å²) in [5, 5.41) is 12.5. The highest BCUT2D eigenvalue weighted by atomic mass is 35.5. The highest BCUT2D eigenvalue weighted by Gasteiger charge is 1.99. The molecule has 1 aromatic rings. The molecule has 0 aliphatic rings. The van der Waals surface area contributed by atoms with E-state index in [0.29, 0.717) is 10.7 Å². The van der Waals surface area contributed by atoms with Crippen LogP contribution in [0.4, 0.5) is 11.4 Å². The molecule has 0 aliphatic carbocycles. The first-order chi connectivity index (χ1) is 7.24. The second kappa shape index (κ2) is 6.53. The molecular weight excluding hydrogens is 212 g/mol. The molecule has 1 aromatic carbocycles. The Kier molecular flexibility index (Phi) is 5.29. The molecule has 4 N–H and O–H groups in total. The number of aliphatic hydroxyl groups is 1. The summed E-state index contributed by atoms with van der Waals surface area (Å²) in [5.41, 5.74) is 7.17. The Morgan fingerprint density at radius 3 is 2.73 bits per heavy atom. The van der Waals surface area contributed by atoms with E-state index in [0.717, 1.165) is 31.5 Å². The maximum Gasteiger partial charge on any atom is 0.0657 e. The molecule has 0 amide bonds. The predicted molar refractivity (Wildman–Crippen MR) is 65.3 cm³/mol. The minimum Gasteiger partial charge on any atom is -0.399 e. The molecule has 0 radical (unpaired) electrons. The average molecular weight is 229 g/mol. The van der Waals surface area contributed by atoms with Crippen LogP contribution in [0.15, 0.2) is 18.2 Å². The van der Waals surface area contributed by atoms with Gasteiger partial charge in [-0.2, -0.15) is 0 Å². The molecule has 3 nitrogen and oxygen atoms in total. The Balaban J connectivity index is 2.31. The first-order valence-electron chi connectivity index (χ1n) is 5.14. The molecule has 0 fully saturated rings. The van der Waals surface area contributed by atoms with Crippen molar-refractivity contribution in [3.8, 4) is 0 Å². The number of nitrogen functional groups attached to an aromatic ring is 1. The molecule has 0 aromatic heterocycles. The van der Waals surface area contributed by atoms with Gasteiger partial charge in [0.25, 0.3) is 0 Å². The molecule has 0 atom stereocenters. The molecule has 0 aliphatic heterocycles. The van der Waals surface area contributed by atoms with Gasteiger partial charge in [0.2, 0.25) is 0 Å². The van der Waals surface area contributed by atoms with Crippen LogP contribution in [0.1, 0.15) is 19.3 Å². The quantitative estimate of drug-likeness (QED) is 0.518. The third-order valence-electron chi connectivity index (χ3n) is 2.14. The first-order valence-corrected chi connectivity index (χ1v) is 5.51. The largest absolute Gasteiger partial charge is 0.399 e. The monoisotopic (exact) mass is 228 g/mol. The third-order valence-corrected chi connectivity index (χ3v) is 2.46. The Morgan fingerprint density at radius 1 is 1.27 bits per heavy atom. The average Bonchev–Trinajstić information content (AvgIpc) is 2.20. The molecule has 0 saturated carbocycles. The number of hydrogen-bond acceptors (Lipinski definition) is 3. The van der Waals surface area contributed by atoms with Crippen LogP contribution in [0.25, 0.3) is 0 Å². The molecule has 15 heavy (non-hydrogen) atoms. The maximum absolute atomic E-state index is 8.60. The van der Waals surface area contributed by atoms with Crippen LogP contribution < -0.4 is 11.1 Å². The standard InChI is InChI=1S/C11H17ClN2O/c12-10-8-9(13)4-5-11(10)14-6-2-1-3-7-15/h4-5,8,14-15H,1-3,6-7,13H2. The number of anilines is 2. The fraction of sp³-hybridized carbons (Fsp3) is 0.455. The van der Waals surface area contributed by atoms with Crippen molar-refractivity contribution < 1.29 is 5.11 Å². The molecule has 0 saturated heterocycles. The van der Waals surface area contributed by atoms with Crippen LogP contribution >= 0.6 is 11.6 Å². The topological polar surface area (TPSA) is 58.3 Å². The van der Waals surface area contributed by atoms with Crippen LogP contribution in [-0.2, 0) is 0 Å². The fourth-order valence-corrected chi connectivity index (χ4v) is 1.57. The number of rotatable bonds is 6. The van der Waals surface area contributed by atoms with Crippen molar-refractivity contribution >= 4 is 23.0 Å². The molecule has 4 heteroatoms. The van der Waals surface area contributed by atoms with Crippen molar-refractivity contribution in [1.82, 2.24) is 0 Å². The summed E-state index contributed by atoms with van der Waals surface area (Å²) in [7, 11) is 0. The van der Waals surface area contributed by atoms with Gasteiger partial charge in [-0.1, -0.05) is 11.6 Å². The van der Waals surface area contributed by atoms with Crippen LogP contribution in [0, 0.1) is 0 Å². The minimum absolute atomic E-state index is 0.266. The van der Waals surface area contributed by atoms with Gasteiger partial charge in [-0.25, -0.2) is 0 Å². The summed E-state index contributed by atoms with van der Waals surface area (Å²) in [4.78, 5) is 0. The van der Waals surface area contributed by atoms with Gasteiger partial charge in [-0.3, -0.25) is 0 Å². The normalized spacial score (nSPS) is 10.3. The van der Waals surface area contributed by atoms with Gasteiger partial charge >= 0.3 is 0 Å². The SMILES string of the molecule is Nc1ccc(NCCCCCO)c(Cl)c1. The number of aliphatic hydroxyl groups excluding tert-OH is 1. The summed E-state index contributed by atoms with van der Waals surface area (Å²) >= 11 is 5.99. The number of nitrogens with two attached hydrogens (primary N) is 1. The number of hydrogen-bond donors (Lipinski definition) is 3. The third kappa shape index (κ3) is 4.40. The van der Waals surface area contributed by atoms with E-state index in [-0.39, 0.29) is 6.61 Å². The van der Waals surface area contributed by atoms with Gasteiger partial charge in [-0.05, 0) is 37.5 Å². The highest BCUT2D eigenvalue weighted by Crippen LogP contribution is 2.23. The van der Waals surface area contributed by atoms with Gasteiger partial charge in [0.1, 0.15) is 0 Å². The molecule has 0 heterocycles.